The number of ether oxygens (including phenoxy) is 1. The summed E-state index contributed by atoms with van der Waals surface area (Å²) >= 11 is 0. The second-order valence-corrected chi connectivity index (χ2v) is 4.31. The highest BCUT2D eigenvalue weighted by molar-refractivity contribution is 5.21. The molecule has 16 heavy (non-hydrogen) atoms. The van der Waals surface area contributed by atoms with E-state index in [1.807, 2.05) is 30.3 Å². The molecule has 0 aliphatic carbocycles. The molecule has 1 nitrogen and oxygen atoms in total. The van der Waals surface area contributed by atoms with Crippen LogP contribution in [0.4, 0.5) is 0 Å². The van der Waals surface area contributed by atoms with Gasteiger partial charge in [0.15, 0.2) is 0 Å². The van der Waals surface area contributed by atoms with Crippen LogP contribution in [-0.2, 0) is 0 Å². The maximum absolute atomic E-state index is 5.94. The van der Waals surface area contributed by atoms with Gasteiger partial charge in [-0.1, -0.05) is 51.3 Å². The Morgan fingerprint density at radius 1 is 1.00 bits per heavy atom. The molecule has 1 aromatic carbocycles. The van der Waals surface area contributed by atoms with E-state index in [1.165, 1.54) is 32.1 Å². The minimum atomic E-state index is 0.388. The van der Waals surface area contributed by atoms with Crippen LogP contribution >= 0.6 is 0 Å². The average Bonchev–Trinajstić information content (AvgIpc) is 2.34. The van der Waals surface area contributed by atoms with E-state index in [-0.39, 0.29) is 0 Å². The Hall–Kier alpha value is -0.980. The third kappa shape index (κ3) is 5.20. The molecule has 0 saturated heterocycles. The molecule has 0 heterocycles. The molecule has 1 heteroatoms. The molecule has 0 N–H and O–H groups in total. The molecule has 0 radical (unpaired) electrons. The van der Waals surface area contributed by atoms with Gasteiger partial charge in [0.05, 0.1) is 6.10 Å². The summed E-state index contributed by atoms with van der Waals surface area (Å²) in [6.45, 7) is 4.45. The summed E-state index contributed by atoms with van der Waals surface area (Å²) < 4.78 is 5.94. The molecule has 0 bridgehead atoms. The zero-order valence-corrected chi connectivity index (χ0v) is 10.6. The average molecular weight is 220 g/mol. The van der Waals surface area contributed by atoms with Gasteiger partial charge in [-0.15, -0.1) is 0 Å². The molecule has 0 amide bonds. The molecule has 0 aliphatic heterocycles. The first-order chi connectivity index (χ1) is 7.86. The van der Waals surface area contributed by atoms with Crippen LogP contribution in [0, 0.1) is 0 Å². The fourth-order valence-electron chi connectivity index (χ4n) is 1.84. The fourth-order valence-corrected chi connectivity index (χ4v) is 1.84. The Kier molecular flexibility index (Phi) is 6.71. The summed E-state index contributed by atoms with van der Waals surface area (Å²) in [6, 6.07) is 10.1. The molecule has 0 aliphatic rings. The molecule has 1 aromatic rings. The normalized spacial score (nSPS) is 12.4. The van der Waals surface area contributed by atoms with Gasteiger partial charge in [-0.3, -0.25) is 0 Å². The molecule has 1 atom stereocenters. The van der Waals surface area contributed by atoms with Gasteiger partial charge in [0.25, 0.3) is 0 Å². The van der Waals surface area contributed by atoms with E-state index in [1.54, 1.807) is 0 Å². The fraction of sp³-hybridized carbons (Fsp3) is 0.600. The summed E-state index contributed by atoms with van der Waals surface area (Å²) in [5.41, 5.74) is 0. The Morgan fingerprint density at radius 2 is 1.75 bits per heavy atom. The van der Waals surface area contributed by atoms with Crippen molar-refractivity contribution in [3.05, 3.63) is 30.3 Å². The van der Waals surface area contributed by atoms with Crippen LogP contribution < -0.4 is 4.74 Å². The van der Waals surface area contributed by atoms with Gasteiger partial charge < -0.3 is 4.74 Å². The predicted molar refractivity (Wildman–Crippen MR) is 69.9 cm³/mol. The van der Waals surface area contributed by atoms with E-state index >= 15 is 0 Å². The standard InChI is InChI=1S/C15H24O/c1-3-5-6-8-11-14(4-2)16-15-12-9-7-10-13-15/h7,9-10,12-14H,3-6,8,11H2,1-2H3/t14-/m1/s1. The van der Waals surface area contributed by atoms with Gasteiger partial charge in [0, 0.05) is 0 Å². The summed E-state index contributed by atoms with van der Waals surface area (Å²) in [5.74, 6) is 1.00. The van der Waals surface area contributed by atoms with Crippen molar-refractivity contribution in [2.45, 2.75) is 58.5 Å². The lowest BCUT2D eigenvalue weighted by Gasteiger charge is -2.17. The summed E-state index contributed by atoms with van der Waals surface area (Å²) in [6.07, 6.45) is 7.95. The van der Waals surface area contributed by atoms with Crippen LogP contribution in [0.3, 0.4) is 0 Å². The Balaban J connectivity index is 2.26. The van der Waals surface area contributed by atoms with Crippen LogP contribution in [0.15, 0.2) is 30.3 Å². The molecular weight excluding hydrogens is 196 g/mol. The lowest BCUT2D eigenvalue weighted by atomic mass is 10.1. The van der Waals surface area contributed by atoms with Crippen molar-refractivity contribution in [2.75, 3.05) is 0 Å². The first kappa shape index (κ1) is 13.1. The molecule has 0 saturated carbocycles. The van der Waals surface area contributed by atoms with E-state index < -0.39 is 0 Å². The number of unbranched alkanes of at least 4 members (excludes halogenated alkanes) is 3. The van der Waals surface area contributed by atoms with Crippen LogP contribution in [0.1, 0.15) is 52.4 Å². The lowest BCUT2D eigenvalue weighted by Crippen LogP contribution is -2.15. The Labute approximate surface area is 99.8 Å². The number of benzene rings is 1. The summed E-state index contributed by atoms with van der Waals surface area (Å²) in [5, 5.41) is 0. The van der Waals surface area contributed by atoms with Crippen molar-refractivity contribution in [1.82, 2.24) is 0 Å². The predicted octanol–water partition coefficient (Wildman–Crippen LogP) is 4.81. The van der Waals surface area contributed by atoms with Crippen molar-refractivity contribution < 1.29 is 4.74 Å². The van der Waals surface area contributed by atoms with E-state index in [2.05, 4.69) is 13.8 Å². The largest absolute Gasteiger partial charge is 0.490 e. The first-order valence-corrected chi connectivity index (χ1v) is 6.58. The highest BCUT2D eigenvalue weighted by Gasteiger charge is 2.07. The van der Waals surface area contributed by atoms with Crippen LogP contribution in [-0.4, -0.2) is 6.10 Å². The summed E-state index contributed by atoms with van der Waals surface area (Å²) in [4.78, 5) is 0. The monoisotopic (exact) mass is 220 g/mol. The highest BCUT2D eigenvalue weighted by Crippen LogP contribution is 2.16. The van der Waals surface area contributed by atoms with Crippen LogP contribution in [0.25, 0.3) is 0 Å². The second kappa shape index (κ2) is 8.20. The maximum atomic E-state index is 5.94. The Bertz CT molecular complexity index is 255. The minimum Gasteiger partial charge on any atom is -0.490 e. The number of rotatable bonds is 8. The van der Waals surface area contributed by atoms with Gasteiger partial charge in [0.2, 0.25) is 0 Å². The van der Waals surface area contributed by atoms with Gasteiger partial charge in [-0.05, 0) is 31.4 Å². The number of hydrogen-bond acceptors (Lipinski definition) is 1. The third-order valence-corrected chi connectivity index (χ3v) is 2.88. The van der Waals surface area contributed by atoms with E-state index in [4.69, 9.17) is 4.74 Å². The van der Waals surface area contributed by atoms with Crippen molar-refractivity contribution in [2.24, 2.45) is 0 Å². The topological polar surface area (TPSA) is 9.23 Å². The minimum absolute atomic E-state index is 0.388. The quantitative estimate of drug-likeness (QED) is 0.571. The number of hydrogen-bond donors (Lipinski definition) is 0. The lowest BCUT2D eigenvalue weighted by molar-refractivity contribution is 0.182. The second-order valence-electron chi connectivity index (χ2n) is 4.31. The first-order valence-electron chi connectivity index (χ1n) is 6.58. The molecule has 0 aromatic heterocycles. The number of para-hydroxylation sites is 1. The van der Waals surface area contributed by atoms with Crippen LogP contribution in [0.5, 0.6) is 5.75 Å². The molecule has 0 unspecified atom stereocenters. The smallest absolute Gasteiger partial charge is 0.119 e. The molecule has 1 rings (SSSR count). The van der Waals surface area contributed by atoms with Gasteiger partial charge in [-0.25, -0.2) is 0 Å². The molecule has 0 fully saturated rings. The van der Waals surface area contributed by atoms with Crippen molar-refractivity contribution >= 4 is 0 Å². The van der Waals surface area contributed by atoms with Crippen molar-refractivity contribution in [3.63, 3.8) is 0 Å². The molecule has 90 valence electrons. The molecular formula is C15H24O. The van der Waals surface area contributed by atoms with Gasteiger partial charge in [-0.2, -0.15) is 0 Å². The van der Waals surface area contributed by atoms with Gasteiger partial charge >= 0.3 is 0 Å². The highest BCUT2D eigenvalue weighted by atomic mass is 16.5. The Morgan fingerprint density at radius 3 is 2.38 bits per heavy atom. The molecule has 0 spiro atoms. The zero-order valence-electron chi connectivity index (χ0n) is 10.6. The van der Waals surface area contributed by atoms with Crippen molar-refractivity contribution in [3.8, 4) is 5.75 Å². The third-order valence-electron chi connectivity index (χ3n) is 2.88. The summed E-state index contributed by atoms with van der Waals surface area (Å²) in [7, 11) is 0. The zero-order chi connectivity index (χ0) is 11.6. The van der Waals surface area contributed by atoms with Crippen molar-refractivity contribution in [1.29, 1.82) is 0 Å². The van der Waals surface area contributed by atoms with Gasteiger partial charge in [0.1, 0.15) is 5.75 Å². The maximum Gasteiger partial charge on any atom is 0.119 e. The van der Waals surface area contributed by atoms with Crippen LogP contribution in [0.2, 0.25) is 0 Å². The van der Waals surface area contributed by atoms with E-state index in [9.17, 15) is 0 Å². The van der Waals surface area contributed by atoms with E-state index in [0.717, 1.165) is 12.2 Å². The SMILES string of the molecule is CCCCCC[C@@H](CC)Oc1ccccc1. The van der Waals surface area contributed by atoms with E-state index in [0.29, 0.717) is 6.10 Å².